The van der Waals surface area contributed by atoms with Gasteiger partial charge in [-0.1, -0.05) is 99.5 Å². The summed E-state index contributed by atoms with van der Waals surface area (Å²) < 4.78 is 5.60. The van der Waals surface area contributed by atoms with Crippen LogP contribution in [0, 0.1) is 30.1 Å². The fourth-order valence-corrected chi connectivity index (χ4v) is 18.4. The van der Waals surface area contributed by atoms with E-state index in [2.05, 4.69) is 106 Å². The molecular weight excluding hydrogens is 1810 g/mol. The van der Waals surface area contributed by atoms with Gasteiger partial charge >= 0.3 is 11.9 Å². The molecule has 0 spiro atoms. The van der Waals surface area contributed by atoms with Gasteiger partial charge in [0.25, 0.3) is 0 Å². The molecule has 0 saturated carbocycles. The van der Waals surface area contributed by atoms with E-state index >= 15 is 47.9 Å². The lowest BCUT2D eigenvalue weighted by Crippen LogP contribution is -2.63. The van der Waals surface area contributed by atoms with Crippen molar-refractivity contribution in [3.8, 4) is 12.3 Å². The molecule has 3 aromatic heterocycles. The number of carbonyl (C=O) groups excluding carboxylic acids is 17. The number of terminal acetylenes is 1. The van der Waals surface area contributed by atoms with Crippen LogP contribution in [0.15, 0.2) is 73.4 Å². The third-order valence-electron chi connectivity index (χ3n) is 23.2. The normalized spacial score (nSPS) is 25.2. The highest BCUT2D eigenvalue weighted by molar-refractivity contribution is 8.76. The van der Waals surface area contributed by atoms with Crippen LogP contribution in [0.2, 0.25) is 0 Å². The molecule has 46 heteroatoms. The zero-order chi connectivity index (χ0) is 99.1. The van der Waals surface area contributed by atoms with Gasteiger partial charge in [0.1, 0.15) is 84.6 Å². The molecule has 0 aliphatic carbocycles. The Kier molecular flexibility index (Phi) is 40.3. The Morgan fingerprint density at radius 3 is 1.65 bits per heavy atom. The third kappa shape index (κ3) is 31.5. The van der Waals surface area contributed by atoms with E-state index in [1.165, 1.54) is 19.4 Å². The van der Waals surface area contributed by atoms with Crippen molar-refractivity contribution in [2.24, 2.45) is 17.8 Å². The first-order chi connectivity index (χ1) is 64.7. The van der Waals surface area contributed by atoms with Crippen LogP contribution < -0.4 is 79.8 Å². The number of fused-ring (bicyclic) bond motifs is 9. The summed E-state index contributed by atoms with van der Waals surface area (Å²) in [4.78, 5) is 292. The zero-order valence-corrected chi connectivity index (χ0v) is 78.5. The number of carboxylic acid groups (broad SMARTS) is 2. The third-order valence-corrected chi connectivity index (χ3v) is 25.6. The van der Waals surface area contributed by atoms with Crippen molar-refractivity contribution < 1.29 is 111 Å². The molecule has 17 amide bonds. The van der Waals surface area contributed by atoms with Gasteiger partial charge in [-0.05, 0) is 99.8 Å². The van der Waals surface area contributed by atoms with Gasteiger partial charge in [0.05, 0.1) is 38.6 Å². The summed E-state index contributed by atoms with van der Waals surface area (Å²) >= 11 is 0. The molecule has 0 radical (unpaired) electrons. The lowest BCUT2D eigenvalue weighted by molar-refractivity contribution is -0.149. The first-order valence-corrected chi connectivity index (χ1v) is 47.8. The molecule has 4 saturated heterocycles. The lowest BCUT2D eigenvalue weighted by atomic mass is 9.98. The van der Waals surface area contributed by atoms with Crippen LogP contribution in [0.25, 0.3) is 21.8 Å². The highest BCUT2D eigenvalue weighted by Crippen LogP contribution is 2.30. The number of ether oxygens (including phenoxy) is 1. The van der Waals surface area contributed by atoms with Crippen LogP contribution in [0.1, 0.15) is 149 Å². The van der Waals surface area contributed by atoms with E-state index in [-0.39, 0.29) is 114 Å². The number of para-hydroxylation sites is 2. The van der Waals surface area contributed by atoms with Gasteiger partial charge in [0.15, 0.2) is 0 Å². The van der Waals surface area contributed by atoms with E-state index < -0.39 is 253 Å². The first-order valence-electron chi connectivity index (χ1n) is 45.3. The average molecular weight is 1930 g/mol. The highest BCUT2D eigenvalue weighted by Gasteiger charge is 2.49. The van der Waals surface area contributed by atoms with Gasteiger partial charge in [-0.2, -0.15) is 0 Å². The maximum atomic E-state index is 15.7. The molecule has 2 bridgehead atoms. The number of hydrogen-bond donors (Lipinski definition) is 21. The number of H-pyrrole nitrogens is 3. The van der Waals surface area contributed by atoms with Gasteiger partial charge in [-0.25, -0.2) is 4.98 Å². The summed E-state index contributed by atoms with van der Waals surface area (Å²) in [6, 6.07) is -11.0. The topological polar surface area (TPSA) is 641 Å². The van der Waals surface area contributed by atoms with Gasteiger partial charge in [0.2, 0.25) is 100 Å². The van der Waals surface area contributed by atoms with Gasteiger partial charge in [-0.3, -0.25) is 91.1 Å². The second kappa shape index (κ2) is 51.5. The number of carbonyl (C=O) groups is 19. The molecular formula is C90H123N21O23S2. The number of aliphatic hydroxyl groups is 1. The predicted octanol–water partition coefficient (Wildman–Crippen LogP) is -2.37. The number of aliphatic hydroxyl groups excluding tert-OH is 1. The monoisotopic (exact) mass is 1930 g/mol. The maximum Gasteiger partial charge on any atom is 0.305 e. The summed E-state index contributed by atoms with van der Waals surface area (Å²) in [7, 11) is 1.49. The number of carboxylic acids is 2. The van der Waals surface area contributed by atoms with Crippen molar-refractivity contribution in [1.29, 1.82) is 0 Å². The van der Waals surface area contributed by atoms with E-state index in [0.29, 0.717) is 45.8 Å². The molecule has 738 valence electrons. The number of aromatic amines is 3. The van der Waals surface area contributed by atoms with Crippen molar-refractivity contribution in [1.82, 2.24) is 109 Å². The Hall–Kier alpha value is -13.2. The Balaban J connectivity index is 1.13. The minimum atomic E-state index is -2.10. The molecule has 0 unspecified atom stereocenters. The van der Waals surface area contributed by atoms with Crippen LogP contribution in [0.3, 0.4) is 0 Å². The SMILES string of the molecule is C#CCCCC(=O)NCCOCCC(=O)N[C@H]1C[C@H]2C(=O)N[C@@H](CC(=O)O)C(=O)N[C@H]3CSSC[C@H](NC(=O)[C@H](Cc4c[nH]c5ccccc45)NC(=O)[C@H](C(C)C)NC(=O)[C@H](CC(C)C)NC(=O)[C@H](CCC(=O)O)NC(=O)CNC(=O)[C@H](CC(C)C)NC(=O)[C@H](Cc4cnc[nH]4)NC(=O)[C@H](Cc4c[nH]c5ccccc45)NC(=O)[C@H](C)NC3=O)C(=O)N[C@@H]([C@@H](C)O)C(=O)N3CCC[C@@H]3C(=O)N2C1. The lowest BCUT2D eigenvalue weighted by Gasteiger charge is -2.34. The fraction of sp³-hybridized carbons (Fsp3) is 0.556. The van der Waals surface area contributed by atoms with Gasteiger partial charge in [0, 0.05) is 128 Å². The Labute approximate surface area is 792 Å². The van der Waals surface area contributed by atoms with Crippen molar-refractivity contribution in [2.75, 3.05) is 50.9 Å². The second-order valence-corrected chi connectivity index (χ2v) is 37.8. The molecule has 4 aliphatic heterocycles. The van der Waals surface area contributed by atoms with Crippen molar-refractivity contribution in [3.05, 3.63) is 90.3 Å². The van der Waals surface area contributed by atoms with Gasteiger partial charge in [-0.15, -0.1) is 12.3 Å². The molecule has 16 atom stereocenters. The van der Waals surface area contributed by atoms with Crippen molar-refractivity contribution >= 4 is 156 Å². The standard InChI is InChI=1S/C90H123N21O23S2/c1-10-11-12-23-70(113)92-27-30-134-29-26-71(114)98-54-36-69-87(130)104-65(37-74(118)119)83(126)106-66-43-135-136-44-67(86(129)109-76(50(9)112)90(133)110-28-17-22-68(110)89(132)111(69)42-54)107-81(124)63(34-52-39-94-58-21-16-14-19-56(52)58)105-88(131)75(48(6)7)108-84(127)61(32-47(4)5)102-79(122)59(24-25-73(116)117)99-72(115)41-95-78(121)60(31-46(2)3)101-82(125)64(35-53-40-91-45-96-53)103-80(123)62(100-77(120)49(8)97-85(66)128)33-51-38-93-57-20-15-13-18-55(51)57/h1,13-16,18-21,38-40,45-50,54,59-69,75-76,93-94,112H,11-12,17,22-37,41-44H2,2-9H3,(H,91,96)(H,92,113)(H,95,121)(H,97,128)(H,98,114)(H,99,115)(H,100,120)(H,101,125)(H,102,122)(H,103,123)(H,104,130)(H,105,131)(H,106,126)(H,107,124)(H,108,127)(H,109,129)(H,116,117)(H,118,119)/t49-,50+,54-,59-,60-,61-,62-,63-,64-,65-,66-,67-,68+,69-,75-,76-/m0/s1. The van der Waals surface area contributed by atoms with Crippen LogP contribution in [0.4, 0.5) is 0 Å². The minimum Gasteiger partial charge on any atom is -0.481 e. The highest BCUT2D eigenvalue weighted by atomic mass is 33.1. The number of rotatable bonds is 27. The number of unbranched alkanes of at least 4 members (excludes halogenated alkanes) is 1. The Morgan fingerprint density at radius 1 is 0.544 bits per heavy atom. The van der Waals surface area contributed by atoms with Crippen LogP contribution in [-0.2, 0) is 115 Å². The van der Waals surface area contributed by atoms with Crippen LogP contribution in [-0.4, -0.2) is 305 Å². The fourth-order valence-electron chi connectivity index (χ4n) is 16.1. The number of nitrogens with one attached hydrogen (secondary N) is 18. The molecule has 4 fully saturated rings. The summed E-state index contributed by atoms with van der Waals surface area (Å²) in [5, 5.41) is 72.4. The van der Waals surface area contributed by atoms with E-state index in [0.717, 1.165) is 38.3 Å². The maximum absolute atomic E-state index is 15.7. The number of amides is 17. The molecule has 9 rings (SSSR count). The average Bonchev–Trinajstić information content (AvgIpc) is 1.63. The molecule has 136 heavy (non-hydrogen) atoms. The molecule has 21 N–H and O–H groups in total. The summed E-state index contributed by atoms with van der Waals surface area (Å²) in [6.45, 7) is 10.8. The number of aromatic nitrogens is 4. The van der Waals surface area contributed by atoms with Gasteiger partial charge < -0.3 is 125 Å². The largest absolute Gasteiger partial charge is 0.481 e. The molecule has 7 heterocycles. The Bertz CT molecular complexity index is 5170. The van der Waals surface area contributed by atoms with Crippen LogP contribution >= 0.6 is 21.6 Å². The molecule has 5 aromatic rings. The van der Waals surface area contributed by atoms with E-state index in [1.54, 1.807) is 102 Å². The predicted molar refractivity (Wildman–Crippen MR) is 496 cm³/mol. The quantitative estimate of drug-likeness (QED) is 0.0148. The molecule has 2 aromatic carbocycles. The molecule has 44 nitrogen and oxygen atoms in total. The zero-order valence-electron chi connectivity index (χ0n) is 76.9. The minimum absolute atomic E-state index is 0.0143. The number of nitrogens with zero attached hydrogens (tertiary/aromatic N) is 3. The van der Waals surface area contributed by atoms with E-state index in [1.807, 2.05) is 0 Å². The van der Waals surface area contributed by atoms with Crippen molar-refractivity contribution in [3.63, 3.8) is 0 Å². The van der Waals surface area contributed by atoms with Crippen LogP contribution in [0.5, 0.6) is 0 Å². The Morgan fingerprint density at radius 2 is 1.08 bits per heavy atom. The van der Waals surface area contributed by atoms with Crippen molar-refractivity contribution in [2.45, 2.75) is 248 Å². The number of aliphatic carboxylic acids is 2. The summed E-state index contributed by atoms with van der Waals surface area (Å²) in [6.07, 6.45) is 6.11. The first kappa shape index (κ1) is 107. The number of hydrogen-bond acceptors (Lipinski definition) is 24. The molecule has 4 aliphatic rings. The van der Waals surface area contributed by atoms with E-state index in [9.17, 15) is 58.5 Å². The number of benzene rings is 2. The summed E-state index contributed by atoms with van der Waals surface area (Å²) in [5.41, 5.74) is 2.37. The van der Waals surface area contributed by atoms with E-state index in [4.69, 9.17) is 11.2 Å². The smallest absolute Gasteiger partial charge is 0.305 e. The second-order valence-electron chi connectivity index (χ2n) is 35.2. The number of imidazole rings is 1. The summed E-state index contributed by atoms with van der Waals surface area (Å²) in [5.74, 6) is -20.1.